The molecule has 1 aromatic carbocycles. The smallest absolute Gasteiger partial charge is 0.0701 e. The summed E-state index contributed by atoms with van der Waals surface area (Å²) in [7, 11) is 0. The van der Waals surface area contributed by atoms with Gasteiger partial charge in [0.15, 0.2) is 0 Å². The summed E-state index contributed by atoms with van der Waals surface area (Å²) in [6, 6.07) is 8.08. The molecule has 0 saturated carbocycles. The van der Waals surface area contributed by atoms with E-state index in [-0.39, 0.29) is 0 Å². The van der Waals surface area contributed by atoms with Crippen LogP contribution in [-0.4, -0.2) is 6.21 Å². The molecular weight excluding hydrogens is 146 g/mol. The van der Waals surface area contributed by atoms with Crippen molar-refractivity contribution in [1.82, 2.24) is 0 Å². The number of para-hydroxylation sites is 1. The third-order valence-electron chi connectivity index (χ3n) is 1.73. The zero-order valence-corrected chi connectivity index (χ0v) is 6.64. The van der Waals surface area contributed by atoms with Crippen LogP contribution in [0.3, 0.4) is 0 Å². The first-order chi connectivity index (χ1) is 5.97. The first-order valence-corrected chi connectivity index (χ1v) is 3.93. The first-order valence-electron chi connectivity index (χ1n) is 3.93. The summed E-state index contributed by atoms with van der Waals surface area (Å²) in [5.74, 6) is 0. The Labute approximate surface area is 71.8 Å². The predicted octanol–water partition coefficient (Wildman–Crippen LogP) is 2.97. The summed E-state index contributed by atoms with van der Waals surface area (Å²) in [5, 5.41) is 0. The minimum atomic E-state index is 1.03. The van der Waals surface area contributed by atoms with Crippen LogP contribution in [-0.2, 0) is 0 Å². The molecule has 0 aliphatic carbocycles. The fourth-order valence-electron chi connectivity index (χ4n) is 1.14. The van der Waals surface area contributed by atoms with Crippen LogP contribution in [0, 0.1) is 0 Å². The highest BCUT2D eigenvalue weighted by atomic mass is 14.7. The minimum Gasteiger partial charge on any atom is -0.256 e. The monoisotopic (exact) mass is 155 g/mol. The SMILES string of the molecule is C1=C/C=C\c2ccccc2N=C1. The third kappa shape index (κ3) is 1.35. The standard InChI is InChI=1S/C11H9N/c1-2-6-10-7-3-4-8-11(10)12-9-5-1/h1-9H/b2-1?,5-1?,6-2-,9-5?,10-6?,12-9?,12-11?. The van der Waals surface area contributed by atoms with Gasteiger partial charge < -0.3 is 0 Å². The number of hydrogen-bond donors (Lipinski definition) is 0. The van der Waals surface area contributed by atoms with Gasteiger partial charge in [-0.05, 0) is 12.1 Å². The van der Waals surface area contributed by atoms with Crippen molar-refractivity contribution in [2.45, 2.75) is 0 Å². The van der Waals surface area contributed by atoms with E-state index in [2.05, 4.69) is 17.1 Å². The molecule has 0 fully saturated rings. The Hall–Kier alpha value is -1.63. The fraction of sp³-hybridized carbons (Fsp3) is 0. The zero-order chi connectivity index (χ0) is 8.23. The number of nitrogens with zero attached hydrogens (tertiary/aromatic N) is 1. The molecule has 0 saturated heterocycles. The predicted molar refractivity (Wildman–Crippen MR) is 52.8 cm³/mol. The van der Waals surface area contributed by atoms with Gasteiger partial charge in [0.05, 0.1) is 5.69 Å². The van der Waals surface area contributed by atoms with Gasteiger partial charge in [-0.3, -0.25) is 4.99 Å². The lowest BCUT2D eigenvalue weighted by Crippen LogP contribution is -1.76. The van der Waals surface area contributed by atoms with E-state index in [1.807, 2.05) is 42.6 Å². The Balaban J connectivity index is 2.54. The van der Waals surface area contributed by atoms with Crippen molar-refractivity contribution in [3.05, 3.63) is 48.1 Å². The van der Waals surface area contributed by atoms with Crippen LogP contribution in [0.4, 0.5) is 5.69 Å². The van der Waals surface area contributed by atoms with E-state index in [0.29, 0.717) is 0 Å². The summed E-state index contributed by atoms with van der Waals surface area (Å²) in [4.78, 5) is 4.28. The molecule has 1 aliphatic rings. The lowest BCUT2D eigenvalue weighted by Gasteiger charge is -1.99. The van der Waals surface area contributed by atoms with E-state index >= 15 is 0 Å². The van der Waals surface area contributed by atoms with E-state index in [1.54, 1.807) is 0 Å². The Kier molecular flexibility index (Phi) is 1.87. The molecular formula is C11H9N. The Morgan fingerprint density at radius 2 is 1.83 bits per heavy atom. The number of rotatable bonds is 0. The first kappa shape index (κ1) is 7.04. The molecule has 0 spiro atoms. The van der Waals surface area contributed by atoms with E-state index in [4.69, 9.17) is 0 Å². The molecule has 1 heteroatoms. The summed E-state index contributed by atoms with van der Waals surface area (Å²) in [6.07, 6.45) is 9.78. The van der Waals surface area contributed by atoms with Gasteiger partial charge in [0.2, 0.25) is 0 Å². The highest BCUT2D eigenvalue weighted by Crippen LogP contribution is 2.20. The summed E-state index contributed by atoms with van der Waals surface area (Å²) >= 11 is 0. The maximum absolute atomic E-state index is 4.28. The highest BCUT2D eigenvalue weighted by molar-refractivity contribution is 5.79. The van der Waals surface area contributed by atoms with Crippen molar-refractivity contribution in [2.24, 2.45) is 4.99 Å². The molecule has 0 radical (unpaired) electrons. The molecule has 0 atom stereocenters. The van der Waals surface area contributed by atoms with Crippen molar-refractivity contribution in [2.75, 3.05) is 0 Å². The van der Waals surface area contributed by atoms with E-state index < -0.39 is 0 Å². The molecule has 1 heterocycles. The van der Waals surface area contributed by atoms with Crippen LogP contribution in [0.15, 0.2) is 47.5 Å². The Bertz CT molecular complexity index is 324. The molecule has 2 rings (SSSR count). The summed E-state index contributed by atoms with van der Waals surface area (Å²) in [6.45, 7) is 0. The average Bonchev–Trinajstić information content (AvgIpc) is 2.06. The lowest BCUT2D eigenvalue weighted by atomic mass is 10.1. The van der Waals surface area contributed by atoms with Gasteiger partial charge in [0.1, 0.15) is 0 Å². The van der Waals surface area contributed by atoms with Crippen molar-refractivity contribution < 1.29 is 0 Å². The maximum Gasteiger partial charge on any atom is 0.0701 e. The molecule has 0 N–H and O–H groups in total. The quantitative estimate of drug-likeness (QED) is 0.546. The normalized spacial score (nSPS) is 16.3. The van der Waals surface area contributed by atoms with Crippen LogP contribution in [0.1, 0.15) is 5.56 Å². The van der Waals surface area contributed by atoms with Crippen LogP contribution in [0.25, 0.3) is 6.08 Å². The van der Waals surface area contributed by atoms with E-state index in [1.165, 1.54) is 0 Å². The molecule has 12 heavy (non-hydrogen) atoms. The number of aliphatic imine (C=N–C) groups is 1. The fourth-order valence-corrected chi connectivity index (χ4v) is 1.14. The largest absolute Gasteiger partial charge is 0.256 e. The average molecular weight is 155 g/mol. The highest BCUT2D eigenvalue weighted by Gasteiger charge is 1.94. The maximum atomic E-state index is 4.28. The van der Waals surface area contributed by atoms with E-state index in [9.17, 15) is 0 Å². The van der Waals surface area contributed by atoms with Crippen LogP contribution >= 0.6 is 0 Å². The second-order valence-corrected chi connectivity index (χ2v) is 2.58. The number of allylic oxidation sites excluding steroid dienone is 3. The zero-order valence-electron chi connectivity index (χ0n) is 6.64. The van der Waals surface area contributed by atoms with Crippen LogP contribution < -0.4 is 0 Å². The Morgan fingerprint density at radius 1 is 0.917 bits per heavy atom. The van der Waals surface area contributed by atoms with Gasteiger partial charge in [0.25, 0.3) is 0 Å². The van der Waals surface area contributed by atoms with Crippen molar-refractivity contribution >= 4 is 18.0 Å². The van der Waals surface area contributed by atoms with Gasteiger partial charge in [-0.2, -0.15) is 0 Å². The molecule has 0 bridgehead atoms. The van der Waals surface area contributed by atoms with Gasteiger partial charge in [-0.25, -0.2) is 0 Å². The Morgan fingerprint density at radius 3 is 2.83 bits per heavy atom. The number of benzene rings is 1. The van der Waals surface area contributed by atoms with Crippen LogP contribution in [0.5, 0.6) is 0 Å². The van der Waals surface area contributed by atoms with Gasteiger partial charge in [-0.1, -0.05) is 36.4 Å². The third-order valence-corrected chi connectivity index (χ3v) is 1.73. The molecule has 0 unspecified atom stereocenters. The summed E-state index contributed by atoms with van der Waals surface area (Å²) < 4.78 is 0. The second kappa shape index (κ2) is 3.18. The summed E-state index contributed by atoms with van der Waals surface area (Å²) in [5.41, 5.74) is 2.19. The van der Waals surface area contributed by atoms with Crippen LogP contribution in [0.2, 0.25) is 0 Å². The van der Waals surface area contributed by atoms with Crippen molar-refractivity contribution in [3.8, 4) is 0 Å². The molecule has 0 aromatic heterocycles. The molecule has 1 nitrogen and oxygen atoms in total. The van der Waals surface area contributed by atoms with Gasteiger partial charge in [0, 0.05) is 11.8 Å². The topological polar surface area (TPSA) is 12.4 Å². The minimum absolute atomic E-state index is 1.03. The van der Waals surface area contributed by atoms with Gasteiger partial charge >= 0.3 is 0 Å². The molecule has 1 aliphatic heterocycles. The molecule has 0 amide bonds. The number of hydrogen-bond acceptors (Lipinski definition) is 1. The van der Waals surface area contributed by atoms with E-state index in [0.717, 1.165) is 11.3 Å². The van der Waals surface area contributed by atoms with Crippen molar-refractivity contribution in [3.63, 3.8) is 0 Å². The molecule has 58 valence electrons. The lowest BCUT2D eigenvalue weighted by molar-refractivity contribution is 1.51. The number of fused-ring (bicyclic) bond motifs is 1. The second-order valence-electron chi connectivity index (χ2n) is 2.58. The molecule has 1 aromatic rings. The van der Waals surface area contributed by atoms with Crippen molar-refractivity contribution in [1.29, 1.82) is 0 Å². The van der Waals surface area contributed by atoms with Gasteiger partial charge in [-0.15, -0.1) is 0 Å².